The molecule has 7 nitrogen and oxygen atoms in total. The Morgan fingerprint density at radius 2 is 1.71 bits per heavy atom. The highest BCUT2D eigenvalue weighted by atomic mass is 32.2. The molecule has 0 bridgehead atoms. The monoisotopic (exact) mass is 444 g/mol. The number of aromatic nitrogens is 4. The maximum Gasteiger partial charge on any atom is 0.255 e. The third-order valence-electron chi connectivity index (χ3n) is 5.06. The van der Waals surface area contributed by atoms with Crippen LogP contribution in [0.1, 0.15) is 16.2 Å². The van der Waals surface area contributed by atoms with Gasteiger partial charge in [0.25, 0.3) is 12.3 Å². The highest BCUT2D eigenvalue weighted by Crippen LogP contribution is 2.27. The van der Waals surface area contributed by atoms with E-state index in [2.05, 4.69) is 15.5 Å². The molecular formula is C21H22F2N6OS. The zero-order chi connectivity index (χ0) is 21.6. The van der Waals surface area contributed by atoms with Crippen LogP contribution in [0.3, 0.4) is 0 Å². The molecule has 4 rings (SSSR count). The number of tetrazole rings is 1. The Kier molecular flexibility index (Phi) is 6.88. The number of carbonyl (C=O) groups excluding carboxylic acids is 1. The van der Waals surface area contributed by atoms with E-state index in [1.165, 1.54) is 11.8 Å². The maximum atomic E-state index is 13.1. The number of amides is 1. The largest absolute Gasteiger partial charge is 0.336 e. The van der Waals surface area contributed by atoms with E-state index >= 15 is 0 Å². The summed E-state index contributed by atoms with van der Waals surface area (Å²) in [6, 6.07) is 17.0. The fourth-order valence-corrected chi connectivity index (χ4v) is 4.43. The molecule has 1 aliphatic rings. The number of benzene rings is 2. The van der Waals surface area contributed by atoms with Crippen molar-refractivity contribution in [3.8, 4) is 5.69 Å². The van der Waals surface area contributed by atoms with Crippen molar-refractivity contribution in [2.24, 2.45) is 0 Å². The number of thioether (sulfide) groups is 1. The zero-order valence-corrected chi connectivity index (χ0v) is 17.6. The lowest BCUT2D eigenvalue weighted by atomic mass is 10.2. The molecule has 10 heteroatoms. The van der Waals surface area contributed by atoms with Gasteiger partial charge in [0.05, 0.1) is 23.5 Å². The van der Waals surface area contributed by atoms with Crippen LogP contribution < -0.4 is 0 Å². The summed E-state index contributed by atoms with van der Waals surface area (Å²) in [5.74, 6) is 1.09. The number of halogens is 2. The molecule has 3 aromatic rings. The molecule has 1 aliphatic heterocycles. The molecule has 0 aliphatic carbocycles. The van der Waals surface area contributed by atoms with Gasteiger partial charge in [0.15, 0.2) is 5.82 Å². The Morgan fingerprint density at radius 1 is 1.00 bits per heavy atom. The summed E-state index contributed by atoms with van der Waals surface area (Å²) in [5, 5.41) is 12.0. The molecule has 0 atom stereocenters. The normalized spacial score (nSPS) is 14.9. The molecule has 0 spiro atoms. The summed E-state index contributed by atoms with van der Waals surface area (Å²) in [6.45, 7) is 1.55. The van der Waals surface area contributed by atoms with Gasteiger partial charge in [-0.2, -0.15) is 4.68 Å². The van der Waals surface area contributed by atoms with E-state index in [1.807, 2.05) is 48.5 Å². The second kappa shape index (κ2) is 9.97. The fourth-order valence-electron chi connectivity index (χ4n) is 3.48. The van der Waals surface area contributed by atoms with Crippen LogP contribution in [0.5, 0.6) is 0 Å². The SMILES string of the molecule is O=C(c1ccccc1SCc1nnnn1-c1ccccc1)N1CCN(CC(F)F)CC1. The molecule has 0 saturated carbocycles. The number of hydrogen-bond acceptors (Lipinski definition) is 6. The van der Waals surface area contributed by atoms with Crippen LogP contribution >= 0.6 is 11.8 Å². The average molecular weight is 445 g/mol. The first-order valence-corrected chi connectivity index (χ1v) is 10.9. The zero-order valence-electron chi connectivity index (χ0n) is 16.8. The summed E-state index contributed by atoms with van der Waals surface area (Å²) in [5.41, 5.74) is 1.47. The van der Waals surface area contributed by atoms with Crippen LogP contribution in [-0.4, -0.2) is 75.1 Å². The Hall–Kier alpha value is -2.85. The summed E-state index contributed by atoms with van der Waals surface area (Å²) in [7, 11) is 0. The van der Waals surface area contributed by atoms with Crippen molar-refractivity contribution in [1.29, 1.82) is 0 Å². The minimum absolute atomic E-state index is 0.0811. The predicted octanol–water partition coefficient (Wildman–Crippen LogP) is 2.98. The molecule has 0 N–H and O–H groups in total. The van der Waals surface area contributed by atoms with Crippen LogP contribution in [0.4, 0.5) is 8.78 Å². The average Bonchev–Trinajstić information content (AvgIpc) is 3.27. The molecule has 0 unspecified atom stereocenters. The number of alkyl halides is 2. The Labute approximate surface area is 183 Å². The van der Waals surface area contributed by atoms with Gasteiger partial charge in [-0.1, -0.05) is 30.3 Å². The number of carbonyl (C=O) groups is 1. The summed E-state index contributed by atoms with van der Waals surface area (Å²) < 4.78 is 26.9. The number of nitrogens with zero attached hydrogens (tertiary/aromatic N) is 6. The van der Waals surface area contributed by atoms with Gasteiger partial charge in [0, 0.05) is 31.1 Å². The van der Waals surface area contributed by atoms with Gasteiger partial charge in [-0.25, -0.2) is 8.78 Å². The summed E-state index contributed by atoms with van der Waals surface area (Å²) in [4.78, 5) is 17.4. The molecular weight excluding hydrogens is 422 g/mol. The van der Waals surface area contributed by atoms with Gasteiger partial charge in [-0.3, -0.25) is 9.69 Å². The van der Waals surface area contributed by atoms with Crippen molar-refractivity contribution < 1.29 is 13.6 Å². The minimum Gasteiger partial charge on any atom is -0.336 e. The van der Waals surface area contributed by atoms with E-state index in [0.717, 1.165) is 10.6 Å². The van der Waals surface area contributed by atoms with Crippen LogP contribution in [0.25, 0.3) is 5.69 Å². The first-order valence-electron chi connectivity index (χ1n) is 9.96. The molecule has 162 valence electrons. The van der Waals surface area contributed by atoms with Gasteiger partial charge < -0.3 is 4.90 Å². The predicted molar refractivity (Wildman–Crippen MR) is 114 cm³/mol. The molecule has 1 saturated heterocycles. The van der Waals surface area contributed by atoms with E-state index < -0.39 is 6.43 Å². The van der Waals surface area contributed by atoms with Crippen LogP contribution in [-0.2, 0) is 5.75 Å². The molecule has 1 amide bonds. The van der Waals surface area contributed by atoms with E-state index in [-0.39, 0.29) is 12.5 Å². The van der Waals surface area contributed by atoms with E-state index in [0.29, 0.717) is 43.3 Å². The van der Waals surface area contributed by atoms with Crippen LogP contribution in [0.15, 0.2) is 59.5 Å². The molecule has 31 heavy (non-hydrogen) atoms. The van der Waals surface area contributed by atoms with Crippen molar-refractivity contribution in [2.45, 2.75) is 17.1 Å². The van der Waals surface area contributed by atoms with Crippen molar-refractivity contribution in [2.75, 3.05) is 32.7 Å². The second-order valence-electron chi connectivity index (χ2n) is 7.11. The third-order valence-corrected chi connectivity index (χ3v) is 6.13. The second-order valence-corrected chi connectivity index (χ2v) is 8.13. The number of rotatable bonds is 7. The van der Waals surface area contributed by atoms with Crippen LogP contribution in [0, 0.1) is 0 Å². The Morgan fingerprint density at radius 3 is 2.45 bits per heavy atom. The summed E-state index contributed by atoms with van der Waals surface area (Å²) in [6.07, 6.45) is -2.35. The van der Waals surface area contributed by atoms with Crippen molar-refractivity contribution in [1.82, 2.24) is 30.0 Å². The van der Waals surface area contributed by atoms with Gasteiger partial charge >= 0.3 is 0 Å². The highest BCUT2D eigenvalue weighted by molar-refractivity contribution is 7.98. The lowest BCUT2D eigenvalue weighted by molar-refractivity contribution is 0.0457. The topological polar surface area (TPSA) is 67.2 Å². The molecule has 1 fully saturated rings. The minimum atomic E-state index is -2.35. The Balaban J connectivity index is 1.43. The molecule has 2 heterocycles. The summed E-state index contributed by atoms with van der Waals surface area (Å²) >= 11 is 1.49. The van der Waals surface area contributed by atoms with Gasteiger partial charge in [-0.05, 0) is 34.7 Å². The van der Waals surface area contributed by atoms with Crippen molar-refractivity contribution >= 4 is 17.7 Å². The number of piperazine rings is 1. The van der Waals surface area contributed by atoms with E-state index in [4.69, 9.17) is 0 Å². The maximum absolute atomic E-state index is 13.1. The molecule has 2 aromatic carbocycles. The molecule has 0 radical (unpaired) electrons. The number of hydrogen-bond donors (Lipinski definition) is 0. The van der Waals surface area contributed by atoms with E-state index in [1.54, 1.807) is 20.5 Å². The van der Waals surface area contributed by atoms with E-state index in [9.17, 15) is 13.6 Å². The van der Waals surface area contributed by atoms with Crippen molar-refractivity contribution in [3.05, 3.63) is 66.0 Å². The first kappa shape index (κ1) is 21.4. The van der Waals surface area contributed by atoms with Gasteiger partial charge in [-0.15, -0.1) is 16.9 Å². The lowest BCUT2D eigenvalue weighted by Gasteiger charge is -2.34. The smallest absolute Gasteiger partial charge is 0.255 e. The standard InChI is InChI=1S/C21H22F2N6OS/c22-19(23)14-27-10-12-28(13-11-27)21(30)17-8-4-5-9-18(17)31-15-20-24-25-26-29(20)16-6-2-1-3-7-16/h1-9,19H,10-15H2. The Bertz CT molecular complexity index is 1010. The lowest BCUT2D eigenvalue weighted by Crippen LogP contribution is -2.49. The quantitative estimate of drug-likeness (QED) is 0.522. The molecule has 1 aromatic heterocycles. The number of para-hydroxylation sites is 1. The highest BCUT2D eigenvalue weighted by Gasteiger charge is 2.25. The van der Waals surface area contributed by atoms with Gasteiger partial charge in [0.1, 0.15) is 0 Å². The van der Waals surface area contributed by atoms with Crippen molar-refractivity contribution in [3.63, 3.8) is 0 Å². The third kappa shape index (κ3) is 5.26. The first-order chi connectivity index (χ1) is 15.1. The van der Waals surface area contributed by atoms with Gasteiger partial charge in [0.2, 0.25) is 0 Å². The van der Waals surface area contributed by atoms with Crippen LogP contribution in [0.2, 0.25) is 0 Å². The fraction of sp³-hybridized carbons (Fsp3) is 0.333.